The van der Waals surface area contributed by atoms with E-state index in [4.69, 9.17) is 22.1 Å². The second-order valence-corrected chi connectivity index (χ2v) is 4.14. The van der Waals surface area contributed by atoms with Gasteiger partial charge in [-0.25, -0.2) is 4.79 Å². The average molecular weight is 255 g/mol. The Kier molecular flexibility index (Phi) is 3.07. The van der Waals surface area contributed by atoms with Crippen LogP contribution in [0.15, 0.2) is 30.5 Å². The molecule has 0 saturated carbocycles. The lowest BCUT2D eigenvalue weighted by Crippen LogP contribution is -2.08. The first-order valence-corrected chi connectivity index (χ1v) is 5.50. The van der Waals surface area contributed by atoms with Crippen LogP contribution in [0.4, 0.5) is 5.69 Å². The molecular formula is C10H7ClN2O2S. The fraction of sp³-hybridized carbons (Fsp3) is 0. The minimum Gasteiger partial charge on any atom is -0.421 e. The first-order chi connectivity index (χ1) is 7.68. The number of rotatable bonds is 2. The number of para-hydroxylation sites is 1. The van der Waals surface area contributed by atoms with Gasteiger partial charge < -0.3 is 10.5 Å². The Balaban J connectivity index is 2.21. The van der Waals surface area contributed by atoms with Gasteiger partial charge in [0.05, 0.1) is 16.9 Å². The third kappa shape index (κ3) is 2.15. The molecule has 0 fully saturated rings. The monoisotopic (exact) mass is 254 g/mol. The number of hydrogen-bond donors (Lipinski definition) is 1. The summed E-state index contributed by atoms with van der Waals surface area (Å²) >= 11 is 6.84. The van der Waals surface area contributed by atoms with E-state index in [0.717, 1.165) is 11.5 Å². The Bertz CT molecular complexity index is 527. The van der Waals surface area contributed by atoms with Crippen molar-refractivity contribution in [2.24, 2.45) is 0 Å². The predicted molar refractivity (Wildman–Crippen MR) is 62.9 cm³/mol. The molecular weight excluding hydrogens is 248 g/mol. The summed E-state index contributed by atoms with van der Waals surface area (Å²) in [5.41, 5.74) is 5.85. The van der Waals surface area contributed by atoms with Gasteiger partial charge in [-0.15, -0.1) is 0 Å². The molecule has 0 aliphatic heterocycles. The van der Waals surface area contributed by atoms with Crippen molar-refractivity contribution in [2.75, 3.05) is 5.73 Å². The number of aromatic nitrogens is 1. The van der Waals surface area contributed by atoms with Crippen LogP contribution in [-0.4, -0.2) is 10.3 Å². The fourth-order valence-electron chi connectivity index (χ4n) is 1.08. The van der Waals surface area contributed by atoms with Crippen molar-refractivity contribution in [3.8, 4) is 5.75 Å². The van der Waals surface area contributed by atoms with Gasteiger partial charge in [0.1, 0.15) is 5.75 Å². The van der Waals surface area contributed by atoms with Crippen LogP contribution < -0.4 is 10.5 Å². The van der Waals surface area contributed by atoms with Gasteiger partial charge in [-0.2, -0.15) is 4.37 Å². The van der Waals surface area contributed by atoms with E-state index < -0.39 is 5.97 Å². The number of esters is 1. The summed E-state index contributed by atoms with van der Waals surface area (Å²) in [6, 6.07) is 6.73. The second-order valence-electron chi connectivity index (χ2n) is 2.93. The number of hydrogen-bond acceptors (Lipinski definition) is 5. The van der Waals surface area contributed by atoms with Crippen LogP contribution in [0, 0.1) is 0 Å². The van der Waals surface area contributed by atoms with Crippen LogP contribution in [-0.2, 0) is 0 Å². The highest BCUT2D eigenvalue weighted by Gasteiger charge is 2.15. The first kappa shape index (κ1) is 10.9. The van der Waals surface area contributed by atoms with E-state index >= 15 is 0 Å². The van der Waals surface area contributed by atoms with Crippen LogP contribution in [0.25, 0.3) is 0 Å². The Morgan fingerprint density at radius 1 is 1.44 bits per heavy atom. The van der Waals surface area contributed by atoms with Gasteiger partial charge in [0.2, 0.25) is 0 Å². The maximum Gasteiger partial charge on any atom is 0.357 e. The molecule has 1 heterocycles. The van der Waals surface area contributed by atoms with Crippen LogP contribution in [0.5, 0.6) is 5.75 Å². The van der Waals surface area contributed by atoms with Crippen LogP contribution in [0.3, 0.4) is 0 Å². The number of carbonyl (C=O) groups excluding carboxylic acids is 1. The van der Waals surface area contributed by atoms with Crippen molar-refractivity contribution >= 4 is 34.8 Å². The maximum atomic E-state index is 11.7. The number of carbonyl (C=O) groups is 1. The quantitative estimate of drug-likeness (QED) is 0.661. The molecule has 82 valence electrons. The second kappa shape index (κ2) is 4.51. The Morgan fingerprint density at radius 2 is 2.19 bits per heavy atom. The van der Waals surface area contributed by atoms with Gasteiger partial charge in [0, 0.05) is 0 Å². The molecule has 2 N–H and O–H groups in total. The van der Waals surface area contributed by atoms with E-state index in [9.17, 15) is 4.79 Å². The normalized spacial score (nSPS) is 10.1. The molecule has 6 heteroatoms. The third-order valence-electron chi connectivity index (χ3n) is 1.82. The van der Waals surface area contributed by atoms with Gasteiger partial charge in [-0.1, -0.05) is 23.7 Å². The first-order valence-electron chi connectivity index (χ1n) is 4.35. The molecule has 16 heavy (non-hydrogen) atoms. The summed E-state index contributed by atoms with van der Waals surface area (Å²) < 4.78 is 8.88. The topological polar surface area (TPSA) is 65.2 Å². The van der Waals surface area contributed by atoms with Crippen molar-refractivity contribution in [1.82, 2.24) is 4.37 Å². The minimum absolute atomic E-state index is 0.278. The number of ether oxygens (including phenoxy) is 1. The van der Waals surface area contributed by atoms with E-state index in [2.05, 4.69) is 4.37 Å². The smallest absolute Gasteiger partial charge is 0.357 e. The molecule has 0 aliphatic rings. The molecule has 2 aromatic rings. The number of benzene rings is 1. The molecule has 0 spiro atoms. The molecule has 0 amide bonds. The Morgan fingerprint density at radius 3 is 2.81 bits per heavy atom. The number of nitrogens with zero attached hydrogens (tertiary/aromatic N) is 1. The summed E-state index contributed by atoms with van der Waals surface area (Å²) in [5.74, 6) is -0.241. The largest absolute Gasteiger partial charge is 0.421 e. The minimum atomic E-state index is -0.548. The van der Waals surface area contributed by atoms with E-state index in [-0.39, 0.29) is 4.88 Å². The van der Waals surface area contributed by atoms with Crippen LogP contribution in [0.2, 0.25) is 5.02 Å². The SMILES string of the molecule is Nc1cnsc1C(=O)Oc1ccccc1Cl. The van der Waals surface area contributed by atoms with E-state index in [1.807, 2.05) is 0 Å². The number of nitrogens with two attached hydrogens (primary N) is 1. The van der Waals surface area contributed by atoms with Crippen LogP contribution in [0.1, 0.15) is 9.67 Å². The lowest BCUT2D eigenvalue weighted by molar-refractivity contribution is 0.0741. The molecule has 1 aromatic heterocycles. The highest BCUT2D eigenvalue weighted by Crippen LogP contribution is 2.25. The average Bonchev–Trinajstić information content (AvgIpc) is 2.68. The van der Waals surface area contributed by atoms with Gasteiger partial charge in [0.15, 0.2) is 4.88 Å². The van der Waals surface area contributed by atoms with E-state index in [1.165, 1.54) is 6.20 Å². The summed E-state index contributed by atoms with van der Waals surface area (Å²) in [4.78, 5) is 11.9. The van der Waals surface area contributed by atoms with Crippen LogP contribution >= 0.6 is 23.1 Å². The van der Waals surface area contributed by atoms with Gasteiger partial charge in [0.25, 0.3) is 0 Å². The summed E-state index contributed by atoms with van der Waals surface area (Å²) in [7, 11) is 0. The third-order valence-corrected chi connectivity index (χ3v) is 2.93. The molecule has 0 radical (unpaired) electrons. The van der Waals surface area contributed by atoms with E-state index in [0.29, 0.717) is 16.5 Å². The highest BCUT2D eigenvalue weighted by atomic mass is 35.5. The van der Waals surface area contributed by atoms with Crippen molar-refractivity contribution in [3.63, 3.8) is 0 Å². The lowest BCUT2D eigenvalue weighted by Gasteiger charge is -2.04. The molecule has 2 rings (SSSR count). The molecule has 0 unspecified atom stereocenters. The number of nitrogen functional groups attached to an aromatic ring is 1. The molecule has 1 aromatic carbocycles. The van der Waals surface area contributed by atoms with Gasteiger partial charge in [-0.05, 0) is 23.7 Å². The summed E-state index contributed by atoms with van der Waals surface area (Å²) in [5, 5.41) is 0.374. The molecule has 0 saturated heterocycles. The number of halogens is 1. The zero-order chi connectivity index (χ0) is 11.5. The zero-order valence-corrected chi connectivity index (χ0v) is 9.59. The van der Waals surface area contributed by atoms with Crippen molar-refractivity contribution in [3.05, 3.63) is 40.4 Å². The predicted octanol–water partition coefficient (Wildman–Crippen LogP) is 2.60. The Hall–Kier alpha value is -1.59. The molecule has 0 bridgehead atoms. The highest BCUT2D eigenvalue weighted by molar-refractivity contribution is 7.08. The molecule has 0 atom stereocenters. The molecule has 4 nitrogen and oxygen atoms in total. The summed E-state index contributed by atoms with van der Waals surface area (Å²) in [6.07, 6.45) is 1.41. The fourth-order valence-corrected chi connectivity index (χ4v) is 1.80. The van der Waals surface area contributed by atoms with E-state index in [1.54, 1.807) is 24.3 Å². The molecule has 0 aliphatic carbocycles. The van der Waals surface area contributed by atoms with Gasteiger partial charge in [-0.3, -0.25) is 0 Å². The zero-order valence-electron chi connectivity index (χ0n) is 8.01. The standard InChI is InChI=1S/C10H7ClN2O2S/c11-6-3-1-2-4-8(6)15-10(14)9-7(12)5-13-16-9/h1-5H,12H2. The van der Waals surface area contributed by atoms with Crippen molar-refractivity contribution in [1.29, 1.82) is 0 Å². The lowest BCUT2D eigenvalue weighted by atomic mass is 10.3. The maximum absolute atomic E-state index is 11.7. The van der Waals surface area contributed by atoms with Crippen molar-refractivity contribution < 1.29 is 9.53 Å². The summed E-state index contributed by atoms with van der Waals surface area (Å²) in [6.45, 7) is 0. The van der Waals surface area contributed by atoms with Crippen molar-refractivity contribution in [2.45, 2.75) is 0 Å². The number of anilines is 1. The Labute approximate surface area is 101 Å². The van der Waals surface area contributed by atoms with Gasteiger partial charge >= 0.3 is 5.97 Å².